The molecule has 0 fully saturated rings. The molecule has 0 saturated carbocycles. The molecule has 0 aliphatic rings. The van der Waals surface area contributed by atoms with Crippen LogP contribution >= 0.6 is 0 Å². The van der Waals surface area contributed by atoms with Crippen LogP contribution in [0, 0.1) is 5.92 Å². The summed E-state index contributed by atoms with van der Waals surface area (Å²) < 4.78 is 25.3. The number of ether oxygens (including phenoxy) is 2. The van der Waals surface area contributed by atoms with E-state index >= 15 is 0 Å². The summed E-state index contributed by atoms with van der Waals surface area (Å²) >= 11 is 0. The van der Waals surface area contributed by atoms with Gasteiger partial charge in [0.1, 0.15) is 24.3 Å². The number of alkyl halides is 1. The summed E-state index contributed by atoms with van der Waals surface area (Å²) in [6.07, 6.45) is 10.8. The van der Waals surface area contributed by atoms with Gasteiger partial charge in [0.15, 0.2) is 5.82 Å². The Morgan fingerprint density at radius 1 is 0.714 bits per heavy atom. The Morgan fingerprint density at radius 2 is 1.29 bits per heavy atom. The van der Waals surface area contributed by atoms with Gasteiger partial charge in [0.05, 0.1) is 6.61 Å². The predicted molar refractivity (Wildman–Crippen MR) is 142 cm³/mol. The van der Waals surface area contributed by atoms with Gasteiger partial charge in [0.2, 0.25) is 0 Å². The van der Waals surface area contributed by atoms with E-state index in [0.29, 0.717) is 23.9 Å². The van der Waals surface area contributed by atoms with Crippen molar-refractivity contribution in [2.24, 2.45) is 5.92 Å². The zero-order valence-corrected chi connectivity index (χ0v) is 21.4. The average Bonchev–Trinajstić information content (AvgIpc) is 2.87. The van der Waals surface area contributed by atoms with Gasteiger partial charge in [-0.25, -0.2) is 14.4 Å². The molecule has 0 N–H and O–H groups in total. The highest BCUT2D eigenvalue weighted by molar-refractivity contribution is 5.64. The minimum Gasteiger partial charge on any atom is -0.494 e. The third kappa shape index (κ3) is 9.31. The minimum atomic E-state index is -0.952. The van der Waals surface area contributed by atoms with Gasteiger partial charge in [0, 0.05) is 23.5 Å². The van der Waals surface area contributed by atoms with Gasteiger partial charge in [-0.3, -0.25) is 0 Å². The van der Waals surface area contributed by atoms with Gasteiger partial charge in [-0.2, -0.15) is 0 Å². The Bertz CT molecular complexity index is 973. The van der Waals surface area contributed by atoms with Crippen LogP contribution < -0.4 is 9.47 Å². The third-order valence-corrected chi connectivity index (χ3v) is 5.88. The van der Waals surface area contributed by atoms with Crippen LogP contribution in [0.4, 0.5) is 4.39 Å². The number of nitrogens with zero attached hydrogens (tertiary/aromatic N) is 2. The van der Waals surface area contributed by atoms with Crippen molar-refractivity contribution in [1.29, 1.82) is 0 Å². The standard InChI is InChI=1S/C30H39FN2O2/c1-4-5-6-7-8-9-18-34-28-14-10-24(11-15-28)26-20-32-30(33-21-26)25-12-16-29(17-13-25)35-22-27(31)19-23(2)3/h10-17,20-21,23,27H,4-9,18-19,22H2,1-3H3. The van der Waals surface area contributed by atoms with Crippen LogP contribution in [0.1, 0.15) is 65.7 Å². The first-order valence-electron chi connectivity index (χ1n) is 13.0. The number of unbranched alkanes of at least 4 members (excludes halogenated alkanes) is 5. The molecule has 0 aliphatic heterocycles. The van der Waals surface area contributed by atoms with E-state index in [9.17, 15) is 4.39 Å². The van der Waals surface area contributed by atoms with Crippen LogP contribution in [0.3, 0.4) is 0 Å². The zero-order chi connectivity index (χ0) is 24.9. The summed E-state index contributed by atoms with van der Waals surface area (Å²) in [5, 5.41) is 0. The molecule has 0 aliphatic carbocycles. The second-order valence-electron chi connectivity index (χ2n) is 9.50. The summed E-state index contributed by atoms with van der Waals surface area (Å²) in [4.78, 5) is 9.06. The number of halogens is 1. The molecule has 3 aromatic rings. The van der Waals surface area contributed by atoms with E-state index in [1.807, 2.05) is 74.8 Å². The van der Waals surface area contributed by atoms with Crippen molar-refractivity contribution >= 4 is 0 Å². The van der Waals surface area contributed by atoms with E-state index in [-0.39, 0.29) is 6.61 Å². The van der Waals surface area contributed by atoms with Gasteiger partial charge in [-0.1, -0.05) is 65.0 Å². The lowest BCUT2D eigenvalue weighted by Gasteiger charge is -2.12. The molecule has 1 unspecified atom stereocenters. The molecule has 1 heterocycles. The van der Waals surface area contributed by atoms with Crippen molar-refractivity contribution in [3.63, 3.8) is 0 Å². The van der Waals surface area contributed by atoms with Crippen molar-refractivity contribution in [3.05, 3.63) is 60.9 Å². The van der Waals surface area contributed by atoms with Crippen molar-refractivity contribution in [1.82, 2.24) is 9.97 Å². The largest absolute Gasteiger partial charge is 0.494 e. The van der Waals surface area contributed by atoms with E-state index in [0.717, 1.165) is 35.5 Å². The quantitative estimate of drug-likeness (QED) is 0.206. The van der Waals surface area contributed by atoms with Crippen LogP contribution in [0.5, 0.6) is 11.5 Å². The topological polar surface area (TPSA) is 44.2 Å². The molecular weight excluding hydrogens is 439 g/mol. The zero-order valence-electron chi connectivity index (χ0n) is 21.4. The van der Waals surface area contributed by atoms with E-state index in [1.54, 1.807) is 0 Å². The van der Waals surface area contributed by atoms with E-state index < -0.39 is 6.17 Å². The van der Waals surface area contributed by atoms with Crippen LogP contribution in [0.2, 0.25) is 0 Å². The van der Waals surface area contributed by atoms with Gasteiger partial charge < -0.3 is 9.47 Å². The number of benzene rings is 2. The van der Waals surface area contributed by atoms with E-state index in [1.165, 1.54) is 32.1 Å². The molecule has 4 nitrogen and oxygen atoms in total. The summed E-state index contributed by atoms with van der Waals surface area (Å²) in [5.41, 5.74) is 2.89. The summed E-state index contributed by atoms with van der Waals surface area (Å²) in [6, 6.07) is 15.5. The Kier molecular flexibility index (Phi) is 11.0. The number of hydrogen-bond acceptors (Lipinski definition) is 4. The maximum Gasteiger partial charge on any atom is 0.159 e. The molecule has 3 rings (SSSR count). The molecular formula is C30H39FN2O2. The minimum absolute atomic E-state index is 0.0750. The first kappa shape index (κ1) is 26.7. The number of aromatic nitrogens is 2. The molecule has 0 bridgehead atoms. The monoisotopic (exact) mass is 478 g/mol. The lowest BCUT2D eigenvalue weighted by Crippen LogP contribution is -2.15. The fourth-order valence-corrected chi connectivity index (χ4v) is 3.91. The normalized spacial score (nSPS) is 12.0. The van der Waals surface area contributed by atoms with Gasteiger partial charge in [0.25, 0.3) is 0 Å². The van der Waals surface area contributed by atoms with Gasteiger partial charge in [-0.15, -0.1) is 0 Å². The molecule has 0 spiro atoms. The van der Waals surface area contributed by atoms with Crippen molar-refractivity contribution in [2.75, 3.05) is 13.2 Å². The average molecular weight is 479 g/mol. The molecule has 1 atom stereocenters. The van der Waals surface area contributed by atoms with Crippen molar-refractivity contribution < 1.29 is 13.9 Å². The molecule has 0 radical (unpaired) electrons. The molecule has 35 heavy (non-hydrogen) atoms. The second kappa shape index (κ2) is 14.4. The Morgan fingerprint density at radius 3 is 1.91 bits per heavy atom. The second-order valence-corrected chi connectivity index (χ2v) is 9.50. The Labute approximate surface area is 209 Å². The summed E-state index contributed by atoms with van der Waals surface area (Å²) in [7, 11) is 0. The Hall–Kier alpha value is -2.95. The number of rotatable bonds is 15. The molecule has 0 saturated heterocycles. The van der Waals surface area contributed by atoms with Crippen molar-refractivity contribution in [3.8, 4) is 34.0 Å². The van der Waals surface area contributed by atoms with Crippen LogP contribution in [0.15, 0.2) is 60.9 Å². The smallest absolute Gasteiger partial charge is 0.159 e. The van der Waals surface area contributed by atoms with Gasteiger partial charge >= 0.3 is 0 Å². The maximum absolute atomic E-state index is 13.8. The van der Waals surface area contributed by atoms with Crippen molar-refractivity contribution in [2.45, 2.75) is 71.9 Å². The molecule has 2 aromatic carbocycles. The highest BCUT2D eigenvalue weighted by Gasteiger charge is 2.10. The molecule has 5 heteroatoms. The SMILES string of the molecule is CCCCCCCCOc1ccc(-c2cnc(-c3ccc(OCC(F)CC(C)C)cc3)nc2)cc1. The summed E-state index contributed by atoms with van der Waals surface area (Å²) in [5.74, 6) is 2.50. The van der Waals surface area contributed by atoms with Crippen LogP contribution in [-0.4, -0.2) is 29.4 Å². The molecule has 0 amide bonds. The first-order valence-corrected chi connectivity index (χ1v) is 13.0. The summed E-state index contributed by atoms with van der Waals surface area (Å²) in [6.45, 7) is 7.09. The highest BCUT2D eigenvalue weighted by atomic mass is 19.1. The van der Waals surface area contributed by atoms with Crippen LogP contribution in [-0.2, 0) is 0 Å². The van der Waals surface area contributed by atoms with Gasteiger partial charge in [-0.05, 0) is 60.7 Å². The van der Waals surface area contributed by atoms with Crippen LogP contribution in [0.25, 0.3) is 22.5 Å². The van der Waals surface area contributed by atoms with E-state index in [4.69, 9.17) is 9.47 Å². The molecule has 1 aromatic heterocycles. The Balaban J connectivity index is 1.48. The third-order valence-electron chi connectivity index (χ3n) is 5.88. The predicted octanol–water partition coefficient (Wildman–Crippen LogP) is 8.31. The number of hydrogen-bond donors (Lipinski definition) is 0. The fourth-order valence-electron chi connectivity index (χ4n) is 3.91. The fraction of sp³-hybridized carbons (Fsp3) is 0.467. The lowest BCUT2D eigenvalue weighted by atomic mass is 10.1. The molecule has 188 valence electrons. The maximum atomic E-state index is 13.8. The first-order chi connectivity index (χ1) is 17.0. The highest BCUT2D eigenvalue weighted by Crippen LogP contribution is 2.24. The lowest BCUT2D eigenvalue weighted by molar-refractivity contribution is 0.174. The van der Waals surface area contributed by atoms with E-state index in [2.05, 4.69) is 16.9 Å².